The van der Waals surface area contributed by atoms with Crippen molar-refractivity contribution < 1.29 is 28.5 Å². The van der Waals surface area contributed by atoms with E-state index in [2.05, 4.69) is 0 Å². The van der Waals surface area contributed by atoms with E-state index in [9.17, 15) is 9.59 Å². The Balaban J connectivity index is 1.90. The maximum absolute atomic E-state index is 12.7. The zero-order valence-electron chi connectivity index (χ0n) is 12.3. The SMILES string of the molecule is CCO[C@@H]1OC(=O)[C@@H]2[C@H]1[C@H]1O[C@]2(OC)c2ccccc2C1=O. The molecule has 6 heteroatoms. The van der Waals surface area contributed by atoms with Gasteiger partial charge in [-0.15, -0.1) is 0 Å². The molecule has 0 saturated carbocycles. The Morgan fingerprint density at radius 3 is 2.77 bits per heavy atom. The quantitative estimate of drug-likeness (QED) is 0.782. The number of methoxy groups -OCH3 is 1. The van der Waals surface area contributed by atoms with Crippen LogP contribution in [0.4, 0.5) is 0 Å². The lowest BCUT2D eigenvalue weighted by Crippen LogP contribution is -2.43. The van der Waals surface area contributed by atoms with Crippen molar-refractivity contribution in [2.75, 3.05) is 13.7 Å². The maximum Gasteiger partial charge on any atom is 0.317 e. The summed E-state index contributed by atoms with van der Waals surface area (Å²) in [6, 6.07) is 7.09. The van der Waals surface area contributed by atoms with E-state index in [0.29, 0.717) is 17.7 Å². The van der Waals surface area contributed by atoms with Crippen LogP contribution in [-0.2, 0) is 29.5 Å². The van der Waals surface area contributed by atoms with Crippen molar-refractivity contribution in [3.63, 3.8) is 0 Å². The van der Waals surface area contributed by atoms with E-state index in [4.69, 9.17) is 18.9 Å². The van der Waals surface area contributed by atoms with Crippen molar-refractivity contribution in [2.45, 2.75) is 25.1 Å². The van der Waals surface area contributed by atoms with Crippen LogP contribution in [0.2, 0.25) is 0 Å². The molecule has 2 saturated heterocycles. The van der Waals surface area contributed by atoms with Gasteiger partial charge < -0.3 is 18.9 Å². The molecule has 0 aromatic heterocycles. The second kappa shape index (κ2) is 4.62. The summed E-state index contributed by atoms with van der Waals surface area (Å²) in [7, 11) is 1.48. The van der Waals surface area contributed by atoms with Crippen LogP contribution in [0.1, 0.15) is 22.8 Å². The van der Waals surface area contributed by atoms with Gasteiger partial charge in [0.25, 0.3) is 0 Å². The molecule has 3 aliphatic rings. The summed E-state index contributed by atoms with van der Waals surface area (Å²) in [5.41, 5.74) is 1.12. The Labute approximate surface area is 127 Å². The lowest BCUT2D eigenvalue weighted by molar-refractivity contribution is -0.244. The van der Waals surface area contributed by atoms with Crippen LogP contribution in [0.3, 0.4) is 0 Å². The van der Waals surface area contributed by atoms with Gasteiger partial charge >= 0.3 is 5.97 Å². The lowest BCUT2D eigenvalue weighted by Gasteiger charge is -2.35. The first kappa shape index (κ1) is 13.9. The number of rotatable bonds is 3. The fourth-order valence-electron chi connectivity index (χ4n) is 3.86. The summed E-state index contributed by atoms with van der Waals surface area (Å²) in [6.07, 6.45) is -1.56. The molecular weight excluding hydrogens is 288 g/mol. The number of hydrogen-bond donors (Lipinski definition) is 0. The molecule has 0 amide bonds. The van der Waals surface area contributed by atoms with E-state index in [1.807, 2.05) is 6.92 Å². The van der Waals surface area contributed by atoms with Gasteiger partial charge in [-0.25, -0.2) is 0 Å². The molecule has 0 N–H and O–H groups in total. The van der Waals surface area contributed by atoms with E-state index in [1.165, 1.54) is 7.11 Å². The van der Waals surface area contributed by atoms with Gasteiger partial charge in [-0.05, 0) is 6.92 Å². The zero-order chi connectivity index (χ0) is 15.5. The molecule has 1 aromatic rings. The minimum absolute atomic E-state index is 0.154. The molecule has 5 atom stereocenters. The van der Waals surface area contributed by atoms with E-state index in [0.717, 1.165) is 0 Å². The summed E-state index contributed by atoms with van der Waals surface area (Å²) >= 11 is 0. The van der Waals surface area contributed by atoms with Crippen molar-refractivity contribution in [1.82, 2.24) is 0 Å². The minimum Gasteiger partial charge on any atom is -0.435 e. The molecule has 3 aliphatic heterocycles. The molecule has 0 aliphatic carbocycles. The smallest absolute Gasteiger partial charge is 0.317 e. The number of ether oxygens (including phenoxy) is 4. The third kappa shape index (κ3) is 1.49. The van der Waals surface area contributed by atoms with Gasteiger partial charge in [-0.2, -0.15) is 0 Å². The molecule has 6 nitrogen and oxygen atoms in total. The molecule has 22 heavy (non-hydrogen) atoms. The number of fused-ring (bicyclic) bond motifs is 7. The van der Waals surface area contributed by atoms with Crippen LogP contribution >= 0.6 is 0 Å². The van der Waals surface area contributed by atoms with Crippen LogP contribution in [0.25, 0.3) is 0 Å². The van der Waals surface area contributed by atoms with Crippen LogP contribution in [-0.4, -0.2) is 37.9 Å². The number of benzene rings is 1. The molecular formula is C16H16O6. The van der Waals surface area contributed by atoms with E-state index in [-0.39, 0.29) is 5.78 Å². The number of esters is 1. The second-order valence-electron chi connectivity index (χ2n) is 5.64. The van der Waals surface area contributed by atoms with Crippen molar-refractivity contribution in [2.24, 2.45) is 11.8 Å². The largest absolute Gasteiger partial charge is 0.435 e. The van der Waals surface area contributed by atoms with Crippen LogP contribution in [0.15, 0.2) is 24.3 Å². The number of Topliss-reactive ketones (excluding diaryl/α,β-unsaturated/α-hetero) is 1. The van der Waals surface area contributed by atoms with Gasteiger partial charge in [-0.1, -0.05) is 24.3 Å². The van der Waals surface area contributed by atoms with Crippen LogP contribution in [0.5, 0.6) is 0 Å². The van der Waals surface area contributed by atoms with Gasteiger partial charge in [0.05, 0.1) is 5.92 Å². The normalized spacial score (nSPS) is 38.6. The Bertz CT molecular complexity index is 656. The van der Waals surface area contributed by atoms with Gasteiger partial charge in [-0.3, -0.25) is 9.59 Å². The average molecular weight is 304 g/mol. The standard InChI is InChI=1S/C16H16O6/c1-3-20-15-10-11(14(18)21-15)16(19-2)9-7-5-4-6-8(9)12(17)13(10)22-16/h4-7,10-11,13,15H,3H2,1-2H3/t10-,11-,13+,15+,16+/m0/s1. The van der Waals surface area contributed by atoms with Crippen molar-refractivity contribution in [3.05, 3.63) is 35.4 Å². The Hall–Kier alpha value is -1.76. The highest BCUT2D eigenvalue weighted by atomic mass is 16.7. The first-order chi connectivity index (χ1) is 10.6. The molecule has 3 heterocycles. The second-order valence-corrected chi connectivity index (χ2v) is 5.64. The van der Waals surface area contributed by atoms with Crippen molar-refractivity contribution in [1.29, 1.82) is 0 Å². The molecule has 0 spiro atoms. The fourth-order valence-corrected chi connectivity index (χ4v) is 3.86. The van der Waals surface area contributed by atoms with Crippen LogP contribution in [0, 0.1) is 11.8 Å². The summed E-state index contributed by atoms with van der Waals surface area (Å²) < 4.78 is 22.4. The highest BCUT2D eigenvalue weighted by Crippen LogP contribution is 2.57. The molecule has 0 unspecified atom stereocenters. The van der Waals surface area contributed by atoms with Gasteiger partial charge in [0, 0.05) is 24.8 Å². The Kier molecular flexibility index (Phi) is 2.91. The van der Waals surface area contributed by atoms with Crippen molar-refractivity contribution in [3.8, 4) is 0 Å². The third-order valence-corrected chi connectivity index (χ3v) is 4.71. The van der Waals surface area contributed by atoms with E-state index in [1.54, 1.807) is 24.3 Å². The molecule has 0 radical (unpaired) electrons. The summed E-state index contributed by atoms with van der Waals surface area (Å²) in [5.74, 6) is -3.07. The molecule has 2 fully saturated rings. The minimum atomic E-state index is -1.28. The van der Waals surface area contributed by atoms with Crippen molar-refractivity contribution >= 4 is 11.8 Å². The van der Waals surface area contributed by atoms with Gasteiger partial charge in [0.2, 0.25) is 12.1 Å². The first-order valence-corrected chi connectivity index (χ1v) is 7.33. The van der Waals surface area contributed by atoms with E-state index < -0.39 is 36.0 Å². The van der Waals surface area contributed by atoms with Gasteiger partial charge in [0.1, 0.15) is 12.0 Å². The number of cyclic esters (lactones) is 1. The number of carbonyl (C=O) groups is 2. The van der Waals surface area contributed by atoms with Gasteiger partial charge in [0.15, 0.2) is 5.78 Å². The monoisotopic (exact) mass is 304 g/mol. The third-order valence-electron chi connectivity index (χ3n) is 4.71. The number of ketones is 1. The summed E-state index contributed by atoms with van der Waals surface area (Å²) in [4.78, 5) is 25.1. The fraction of sp³-hybridized carbons (Fsp3) is 0.500. The molecule has 116 valence electrons. The number of hydrogen-bond acceptors (Lipinski definition) is 6. The molecule has 4 rings (SSSR count). The zero-order valence-corrected chi connectivity index (χ0v) is 12.3. The topological polar surface area (TPSA) is 71.1 Å². The predicted molar refractivity (Wildman–Crippen MR) is 72.8 cm³/mol. The maximum atomic E-state index is 12.7. The van der Waals surface area contributed by atoms with E-state index >= 15 is 0 Å². The van der Waals surface area contributed by atoms with Crippen LogP contribution < -0.4 is 0 Å². The summed E-state index contributed by atoms with van der Waals surface area (Å²) in [6.45, 7) is 2.20. The Morgan fingerprint density at radius 1 is 1.27 bits per heavy atom. The highest BCUT2D eigenvalue weighted by molar-refractivity contribution is 6.04. The predicted octanol–water partition coefficient (Wildman–Crippen LogP) is 1.23. The molecule has 2 bridgehead atoms. The average Bonchev–Trinajstić information content (AvgIpc) is 3.02. The molecule has 1 aromatic carbocycles. The Morgan fingerprint density at radius 2 is 2.05 bits per heavy atom. The lowest BCUT2D eigenvalue weighted by atomic mass is 9.86. The number of carbonyl (C=O) groups excluding carboxylic acids is 2. The first-order valence-electron chi connectivity index (χ1n) is 7.33. The highest BCUT2D eigenvalue weighted by Gasteiger charge is 2.71. The summed E-state index contributed by atoms with van der Waals surface area (Å²) in [5, 5.41) is 0.